The molecule has 48 heavy (non-hydrogen) atoms. The highest BCUT2D eigenvalue weighted by Gasteiger charge is 2.11. The Morgan fingerprint density at radius 1 is 0.438 bits per heavy atom. The van der Waals surface area contributed by atoms with Crippen molar-refractivity contribution in [3.8, 4) is 0 Å². The first-order chi connectivity index (χ1) is 23.6. The van der Waals surface area contributed by atoms with E-state index >= 15 is 0 Å². The van der Waals surface area contributed by atoms with Gasteiger partial charge in [-0.25, -0.2) is 0 Å². The van der Waals surface area contributed by atoms with Gasteiger partial charge in [0.25, 0.3) is 0 Å². The van der Waals surface area contributed by atoms with Gasteiger partial charge >= 0.3 is 11.9 Å². The van der Waals surface area contributed by atoms with Crippen LogP contribution in [0.2, 0.25) is 0 Å². The van der Waals surface area contributed by atoms with E-state index in [1.165, 1.54) is 0 Å². The average molecular weight is 661 g/mol. The van der Waals surface area contributed by atoms with E-state index in [2.05, 4.69) is 135 Å². The number of aliphatic hydroxyl groups is 1. The molecule has 0 heterocycles. The van der Waals surface area contributed by atoms with Crippen LogP contribution in [0.4, 0.5) is 0 Å². The van der Waals surface area contributed by atoms with Crippen molar-refractivity contribution in [3.63, 3.8) is 0 Å². The lowest BCUT2D eigenvalue weighted by Crippen LogP contribution is -2.25. The van der Waals surface area contributed by atoms with Crippen molar-refractivity contribution >= 4 is 11.9 Å². The Morgan fingerprint density at radius 2 is 0.688 bits per heavy atom. The molecule has 0 saturated heterocycles. The maximum atomic E-state index is 11.9. The molecule has 0 rings (SSSR count). The van der Waals surface area contributed by atoms with Gasteiger partial charge in [0.15, 0.2) is 0 Å². The summed E-state index contributed by atoms with van der Waals surface area (Å²) >= 11 is 0. The van der Waals surface area contributed by atoms with Gasteiger partial charge in [-0.3, -0.25) is 9.59 Å². The molecule has 0 aromatic rings. The summed E-state index contributed by atoms with van der Waals surface area (Å²) in [6.45, 7) is 3.94. The normalized spacial score (nSPS) is 13.1. The molecule has 266 valence electrons. The van der Waals surface area contributed by atoms with E-state index < -0.39 is 6.10 Å². The molecule has 0 aromatic heterocycles. The molecule has 0 saturated carbocycles. The number of aliphatic hydroxyl groups excluding tert-OH is 1. The van der Waals surface area contributed by atoms with Crippen LogP contribution in [0.1, 0.15) is 117 Å². The molecule has 0 amide bonds. The van der Waals surface area contributed by atoms with Crippen molar-refractivity contribution in [1.82, 2.24) is 0 Å². The molecule has 0 bridgehead atoms. The summed E-state index contributed by atoms with van der Waals surface area (Å²) in [6.07, 6.45) is 55.4. The fourth-order valence-electron chi connectivity index (χ4n) is 4.04. The van der Waals surface area contributed by atoms with Gasteiger partial charge in [0.1, 0.15) is 19.3 Å². The maximum absolute atomic E-state index is 11.9. The van der Waals surface area contributed by atoms with Gasteiger partial charge in [0, 0.05) is 12.8 Å². The van der Waals surface area contributed by atoms with Gasteiger partial charge in [0.05, 0.1) is 0 Å². The first kappa shape index (κ1) is 44.3. The molecule has 0 aliphatic heterocycles. The van der Waals surface area contributed by atoms with E-state index in [1.54, 1.807) is 0 Å². The van der Waals surface area contributed by atoms with E-state index in [-0.39, 0.29) is 38.0 Å². The molecule has 0 atom stereocenters. The number of hydrogen-bond donors (Lipinski definition) is 1. The Labute approximate surface area is 293 Å². The van der Waals surface area contributed by atoms with Gasteiger partial charge in [-0.2, -0.15) is 0 Å². The van der Waals surface area contributed by atoms with Crippen molar-refractivity contribution in [2.45, 2.75) is 123 Å². The van der Waals surface area contributed by atoms with Crippen LogP contribution in [0, 0.1) is 0 Å². The summed E-state index contributed by atoms with van der Waals surface area (Å²) in [4.78, 5) is 23.8. The predicted molar refractivity (Wildman–Crippen MR) is 205 cm³/mol. The summed E-state index contributed by atoms with van der Waals surface area (Å²) in [7, 11) is 0. The van der Waals surface area contributed by atoms with Crippen LogP contribution in [0.25, 0.3) is 0 Å². The zero-order chi connectivity index (χ0) is 35.0. The van der Waals surface area contributed by atoms with Gasteiger partial charge < -0.3 is 14.6 Å². The molecule has 0 aromatic carbocycles. The third-order valence-electron chi connectivity index (χ3n) is 6.69. The number of carbonyl (C=O) groups is 2. The Kier molecular flexibility index (Phi) is 34.8. The van der Waals surface area contributed by atoms with Gasteiger partial charge in [-0.1, -0.05) is 135 Å². The molecule has 0 aliphatic carbocycles. The quantitative estimate of drug-likeness (QED) is 0.0471. The molecule has 5 nitrogen and oxygen atoms in total. The lowest BCUT2D eigenvalue weighted by Gasteiger charge is -2.11. The van der Waals surface area contributed by atoms with E-state index in [9.17, 15) is 14.7 Å². The fraction of sp³-hybridized carbons (Fsp3) is 0.488. The standard InChI is InChI=1S/C43H64O5/c1-3-5-7-9-11-13-15-17-19-21-23-25-27-29-31-33-35-37-42(45)47-39-41(44)40-48-43(46)38-36-34-32-30-28-26-24-22-20-18-16-14-12-10-8-6-4-2/h5-8,11-14,17-20,23-26,29-32,41,44H,3-4,9-10,15-16,21-22,27-28,33-40H2,1-2H3/b7-5-,8-6-,13-11-,14-12-,19-17-,20-18-,25-23-,26-24-,31-29-,32-30-. The Hall–Kier alpha value is -3.70. The molecule has 0 unspecified atom stereocenters. The second-order valence-electron chi connectivity index (χ2n) is 11.2. The van der Waals surface area contributed by atoms with Crippen molar-refractivity contribution < 1.29 is 24.2 Å². The van der Waals surface area contributed by atoms with Crippen LogP contribution < -0.4 is 0 Å². The number of esters is 2. The van der Waals surface area contributed by atoms with Crippen molar-refractivity contribution in [2.24, 2.45) is 0 Å². The van der Waals surface area contributed by atoms with Crippen LogP contribution in [-0.4, -0.2) is 36.4 Å². The predicted octanol–water partition coefficient (Wildman–Crippen LogP) is 11.3. The highest BCUT2D eigenvalue weighted by Crippen LogP contribution is 2.04. The first-order valence-corrected chi connectivity index (χ1v) is 18.1. The van der Waals surface area contributed by atoms with Crippen LogP contribution in [0.5, 0.6) is 0 Å². The largest absolute Gasteiger partial charge is 0.463 e. The van der Waals surface area contributed by atoms with E-state index in [0.717, 1.165) is 77.0 Å². The van der Waals surface area contributed by atoms with Crippen molar-refractivity contribution in [1.29, 1.82) is 0 Å². The maximum Gasteiger partial charge on any atom is 0.305 e. The molecular weight excluding hydrogens is 596 g/mol. The molecule has 0 aliphatic rings. The SMILES string of the molecule is CC/C=C\C/C=C\C/C=C\C/C=C\C/C=C\CCCC(=O)OCC(O)COC(=O)CCC/C=C\C/C=C\C/C=C\C/C=C\C/C=C\CC. The number of ether oxygens (including phenoxy) is 2. The van der Waals surface area contributed by atoms with Crippen LogP contribution in [0.15, 0.2) is 122 Å². The Bertz CT molecular complexity index is 981. The minimum atomic E-state index is -1.02. The molecule has 5 heteroatoms. The topological polar surface area (TPSA) is 72.8 Å². The molecule has 0 fully saturated rings. The molecule has 0 radical (unpaired) electrons. The Balaban J connectivity index is 3.70. The third-order valence-corrected chi connectivity index (χ3v) is 6.69. The number of rotatable bonds is 30. The molecular formula is C43H64O5. The molecule has 1 N–H and O–H groups in total. The third kappa shape index (κ3) is 36.8. The van der Waals surface area contributed by atoms with E-state index in [1.807, 2.05) is 0 Å². The summed E-state index contributed by atoms with van der Waals surface area (Å²) < 4.78 is 10.2. The highest BCUT2D eigenvalue weighted by molar-refractivity contribution is 5.69. The van der Waals surface area contributed by atoms with Gasteiger partial charge in [-0.05, 0) is 89.9 Å². The second-order valence-corrected chi connectivity index (χ2v) is 11.2. The fourth-order valence-corrected chi connectivity index (χ4v) is 4.04. The summed E-state index contributed by atoms with van der Waals surface area (Å²) in [6, 6.07) is 0. The minimum absolute atomic E-state index is 0.173. The first-order valence-electron chi connectivity index (χ1n) is 18.1. The van der Waals surface area contributed by atoms with Gasteiger partial charge in [-0.15, -0.1) is 0 Å². The number of unbranched alkanes of at least 4 members (excludes halogenated alkanes) is 2. The van der Waals surface area contributed by atoms with Crippen molar-refractivity contribution in [3.05, 3.63) is 122 Å². The second kappa shape index (κ2) is 37.8. The highest BCUT2D eigenvalue weighted by atomic mass is 16.6. The van der Waals surface area contributed by atoms with Gasteiger partial charge in [0.2, 0.25) is 0 Å². The van der Waals surface area contributed by atoms with Crippen LogP contribution in [0.3, 0.4) is 0 Å². The summed E-state index contributed by atoms with van der Waals surface area (Å²) in [5.74, 6) is -0.713. The number of hydrogen-bond acceptors (Lipinski definition) is 5. The smallest absolute Gasteiger partial charge is 0.305 e. The van der Waals surface area contributed by atoms with Crippen molar-refractivity contribution in [2.75, 3.05) is 13.2 Å². The zero-order valence-electron chi connectivity index (χ0n) is 29.9. The monoisotopic (exact) mass is 660 g/mol. The lowest BCUT2D eigenvalue weighted by atomic mass is 10.2. The summed E-state index contributed by atoms with van der Waals surface area (Å²) in [5.41, 5.74) is 0. The van der Waals surface area contributed by atoms with E-state index in [0.29, 0.717) is 12.8 Å². The Morgan fingerprint density at radius 3 is 0.958 bits per heavy atom. The minimum Gasteiger partial charge on any atom is -0.463 e. The summed E-state index contributed by atoms with van der Waals surface area (Å²) in [5, 5.41) is 9.98. The number of allylic oxidation sites excluding steroid dienone is 20. The van der Waals surface area contributed by atoms with Crippen LogP contribution in [-0.2, 0) is 19.1 Å². The van der Waals surface area contributed by atoms with Crippen LogP contribution >= 0.6 is 0 Å². The zero-order valence-corrected chi connectivity index (χ0v) is 29.9. The number of carbonyl (C=O) groups excluding carboxylic acids is 2. The lowest BCUT2D eigenvalue weighted by molar-refractivity contribution is -0.152. The average Bonchev–Trinajstić information content (AvgIpc) is 3.09. The van der Waals surface area contributed by atoms with E-state index in [4.69, 9.17) is 9.47 Å². The molecule has 0 spiro atoms.